The van der Waals surface area contributed by atoms with Gasteiger partial charge in [0.15, 0.2) is 0 Å². The van der Waals surface area contributed by atoms with Gasteiger partial charge in [0.1, 0.15) is 34.9 Å². The molecule has 0 radical (unpaired) electrons. The number of aliphatic hydroxyl groups is 1. The number of hydrogen-bond acceptors (Lipinski definition) is 6. The number of halogens is 1. The number of carbonyl (C=O) groups is 1. The maximum absolute atomic E-state index is 15.0. The monoisotopic (exact) mass is 534 g/mol. The van der Waals surface area contributed by atoms with Crippen LogP contribution < -0.4 is 14.2 Å². The average Bonchev–Trinajstić information content (AvgIpc) is 3.50. The molecule has 0 aromatic heterocycles. The van der Waals surface area contributed by atoms with E-state index < -0.39 is 11.7 Å². The topological polar surface area (TPSA) is 74.2 Å². The summed E-state index contributed by atoms with van der Waals surface area (Å²) in [7, 11) is 1.38. The van der Waals surface area contributed by atoms with E-state index in [1.807, 2.05) is 56.3 Å². The highest BCUT2D eigenvalue weighted by molar-refractivity contribution is 5.71. The molecule has 1 unspecified atom stereocenters. The van der Waals surface area contributed by atoms with Gasteiger partial charge in [-0.05, 0) is 81.8 Å². The second-order valence-corrected chi connectivity index (χ2v) is 11.0. The molecule has 1 N–H and O–H groups in total. The van der Waals surface area contributed by atoms with Crippen LogP contribution in [0.25, 0.3) is 0 Å². The Labute approximate surface area is 228 Å². The summed E-state index contributed by atoms with van der Waals surface area (Å²) >= 11 is 0. The summed E-state index contributed by atoms with van der Waals surface area (Å²) < 4.78 is 38.0. The highest BCUT2D eigenvalue weighted by Gasteiger charge is 2.32. The third-order valence-electron chi connectivity index (χ3n) is 7.43. The number of hydrogen-bond donors (Lipinski definition) is 1. The van der Waals surface area contributed by atoms with Gasteiger partial charge in [0.2, 0.25) is 0 Å². The van der Waals surface area contributed by atoms with Crippen molar-refractivity contribution in [3.8, 4) is 23.0 Å². The van der Waals surface area contributed by atoms with Crippen molar-refractivity contribution in [1.82, 2.24) is 0 Å². The lowest BCUT2D eigenvalue weighted by molar-refractivity contribution is -0.141. The Kier molecular flexibility index (Phi) is 7.80. The number of benzene rings is 3. The number of fused-ring (bicyclic) bond motifs is 2. The molecule has 3 aromatic rings. The zero-order valence-electron chi connectivity index (χ0n) is 22.7. The van der Waals surface area contributed by atoms with Crippen LogP contribution in [0.2, 0.25) is 0 Å². The molecule has 3 aromatic carbocycles. The highest BCUT2D eigenvalue weighted by Crippen LogP contribution is 2.44. The molecule has 5 rings (SSSR count). The van der Waals surface area contributed by atoms with Crippen molar-refractivity contribution in [2.45, 2.75) is 70.0 Å². The van der Waals surface area contributed by atoms with Crippen LogP contribution in [-0.2, 0) is 22.4 Å². The number of esters is 1. The van der Waals surface area contributed by atoms with E-state index in [2.05, 4.69) is 0 Å². The van der Waals surface area contributed by atoms with Crippen molar-refractivity contribution in [2.75, 3.05) is 13.7 Å². The molecule has 206 valence electrons. The predicted octanol–water partition coefficient (Wildman–Crippen LogP) is 6.82. The maximum atomic E-state index is 15.0. The second kappa shape index (κ2) is 11.3. The molecule has 0 saturated carbocycles. The van der Waals surface area contributed by atoms with Crippen LogP contribution in [0.5, 0.6) is 23.0 Å². The van der Waals surface area contributed by atoms with Crippen molar-refractivity contribution in [3.63, 3.8) is 0 Å². The molecule has 2 aliphatic rings. The van der Waals surface area contributed by atoms with E-state index in [-0.39, 0.29) is 24.1 Å². The third-order valence-corrected chi connectivity index (χ3v) is 7.43. The largest absolute Gasteiger partial charge is 0.492 e. The minimum atomic E-state index is -0.656. The molecule has 39 heavy (non-hydrogen) atoms. The van der Waals surface area contributed by atoms with Crippen molar-refractivity contribution < 1.29 is 33.2 Å². The van der Waals surface area contributed by atoms with Crippen molar-refractivity contribution in [1.29, 1.82) is 0 Å². The van der Waals surface area contributed by atoms with Gasteiger partial charge in [-0.3, -0.25) is 4.79 Å². The van der Waals surface area contributed by atoms with E-state index in [1.165, 1.54) is 18.7 Å². The van der Waals surface area contributed by atoms with Crippen LogP contribution in [0.3, 0.4) is 0 Å². The van der Waals surface area contributed by atoms with E-state index in [9.17, 15) is 9.90 Å². The zero-order chi connectivity index (χ0) is 27.6. The molecule has 0 spiro atoms. The first kappa shape index (κ1) is 27.0. The molecule has 6 nitrogen and oxygen atoms in total. The van der Waals surface area contributed by atoms with Crippen molar-refractivity contribution in [3.05, 3.63) is 82.7 Å². The van der Waals surface area contributed by atoms with Gasteiger partial charge in [-0.15, -0.1) is 0 Å². The van der Waals surface area contributed by atoms with Crippen LogP contribution in [0, 0.1) is 5.82 Å². The Morgan fingerprint density at radius 2 is 1.87 bits per heavy atom. The zero-order valence-corrected chi connectivity index (χ0v) is 22.7. The van der Waals surface area contributed by atoms with Crippen LogP contribution in [0.4, 0.5) is 4.39 Å². The Morgan fingerprint density at radius 1 is 1.10 bits per heavy atom. The predicted molar refractivity (Wildman–Crippen MR) is 145 cm³/mol. The smallest absolute Gasteiger partial charge is 0.306 e. The Bertz CT molecular complexity index is 1330. The fourth-order valence-corrected chi connectivity index (χ4v) is 5.38. The van der Waals surface area contributed by atoms with Gasteiger partial charge >= 0.3 is 5.97 Å². The molecule has 0 amide bonds. The lowest BCUT2D eigenvalue weighted by Crippen LogP contribution is -2.18. The first-order valence-electron chi connectivity index (χ1n) is 13.5. The molecule has 2 atom stereocenters. The molecule has 0 saturated heterocycles. The van der Waals surface area contributed by atoms with Gasteiger partial charge < -0.3 is 24.1 Å². The standard InChI is InChI=1S/C32H35FO6/c1-32(2,35)16-4-5-20-6-8-22(9-7-20)38-27-15-13-26(33)31-25(27)12-14-28(31)39-23-10-11-24-21(17-30(34)36-3)19-37-29(24)18-23/h6-11,13,15,18,21,28,35H,4-5,12,14,16-17,19H2,1-3H3/t21?,28-/m1/s1. The van der Waals surface area contributed by atoms with E-state index in [0.29, 0.717) is 48.0 Å². The van der Waals surface area contributed by atoms with E-state index in [1.54, 1.807) is 6.07 Å². The van der Waals surface area contributed by atoms with Crippen LogP contribution in [0.15, 0.2) is 54.6 Å². The summed E-state index contributed by atoms with van der Waals surface area (Å²) in [6.45, 7) is 4.06. The molecule has 1 aliphatic heterocycles. The van der Waals surface area contributed by atoms with Crippen LogP contribution >= 0.6 is 0 Å². The fourth-order valence-electron chi connectivity index (χ4n) is 5.38. The molecular weight excluding hydrogens is 499 g/mol. The fraction of sp³-hybridized carbons (Fsp3) is 0.406. The van der Waals surface area contributed by atoms with Crippen molar-refractivity contribution >= 4 is 5.97 Å². The lowest BCUT2D eigenvalue weighted by atomic mass is 9.98. The highest BCUT2D eigenvalue weighted by atomic mass is 19.1. The number of ether oxygens (including phenoxy) is 4. The summed E-state index contributed by atoms with van der Waals surface area (Å²) in [5.74, 6) is 1.97. The molecular formula is C32H35FO6. The molecule has 1 aliphatic carbocycles. The number of aryl methyl sites for hydroxylation is 1. The Balaban J connectivity index is 1.26. The summed E-state index contributed by atoms with van der Waals surface area (Å²) in [4.78, 5) is 11.7. The summed E-state index contributed by atoms with van der Waals surface area (Å²) in [5, 5.41) is 9.91. The van der Waals surface area contributed by atoms with Gasteiger partial charge in [0.25, 0.3) is 0 Å². The second-order valence-electron chi connectivity index (χ2n) is 11.0. The molecule has 0 fully saturated rings. The number of methoxy groups -OCH3 is 1. The van der Waals surface area contributed by atoms with Gasteiger partial charge in [-0.1, -0.05) is 18.2 Å². The SMILES string of the molecule is COC(=O)CC1COc2cc(O[C@@H]3CCc4c(Oc5ccc(CCCC(C)(C)O)cc5)ccc(F)c43)ccc21. The van der Waals surface area contributed by atoms with E-state index in [4.69, 9.17) is 18.9 Å². The summed E-state index contributed by atoms with van der Waals surface area (Å²) in [5.41, 5.74) is 2.83. The lowest BCUT2D eigenvalue weighted by Gasteiger charge is -2.17. The summed E-state index contributed by atoms with van der Waals surface area (Å²) in [6.07, 6.45) is 3.63. The average molecular weight is 535 g/mol. The maximum Gasteiger partial charge on any atom is 0.306 e. The first-order chi connectivity index (χ1) is 18.7. The first-order valence-corrected chi connectivity index (χ1v) is 13.5. The van der Waals surface area contributed by atoms with E-state index in [0.717, 1.165) is 30.4 Å². The third kappa shape index (κ3) is 6.36. The minimum absolute atomic E-state index is 0.0485. The number of carbonyl (C=O) groups excluding carboxylic acids is 1. The molecule has 0 bridgehead atoms. The Morgan fingerprint density at radius 3 is 2.62 bits per heavy atom. The van der Waals surface area contributed by atoms with Gasteiger partial charge in [0, 0.05) is 28.7 Å². The summed E-state index contributed by atoms with van der Waals surface area (Å²) in [6, 6.07) is 16.6. The van der Waals surface area contributed by atoms with Gasteiger partial charge in [-0.25, -0.2) is 4.39 Å². The Hall–Kier alpha value is -3.58. The van der Waals surface area contributed by atoms with Crippen LogP contribution in [0.1, 0.15) is 73.8 Å². The van der Waals surface area contributed by atoms with Gasteiger partial charge in [-0.2, -0.15) is 0 Å². The minimum Gasteiger partial charge on any atom is -0.492 e. The van der Waals surface area contributed by atoms with Gasteiger partial charge in [0.05, 0.1) is 25.7 Å². The number of rotatable bonds is 10. The molecule has 7 heteroatoms. The van der Waals surface area contributed by atoms with Crippen LogP contribution in [-0.4, -0.2) is 30.4 Å². The quantitative estimate of drug-likeness (QED) is 0.288. The van der Waals surface area contributed by atoms with Crippen molar-refractivity contribution in [2.24, 2.45) is 0 Å². The normalized spacial score (nSPS) is 17.8. The van der Waals surface area contributed by atoms with E-state index >= 15 is 4.39 Å². The molecule has 1 heterocycles.